The van der Waals surface area contributed by atoms with Gasteiger partial charge in [-0.05, 0) is 13.8 Å². The maximum atomic E-state index is 11.3. The van der Waals surface area contributed by atoms with Gasteiger partial charge in [-0.25, -0.2) is 8.42 Å². The van der Waals surface area contributed by atoms with E-state index in [0.717, 1.165) is 0 Å². The number of hydrogen-bond donors (Lipinski definition) is 3. The van der Waals surface area contributed by atoms with Crippen LogP contribution in [-0.4, -0.2) is 43.6 Å². The average Bonchev–Trinajstić information content (AvgIpc) is 2.10. The van der Waals surface area contributed by atoms with E-state index in [2.05, 4.69) is 10.5 Å². The van der Waals surface area contributed by atoms with Crippen molar-refractivity contribution in [2.45, 2.75) is 25.0 Å². The molecule has 15 heavy (non-hydrogen) atoms. The molecular formula is C8H19N3O3S. The van der Waals surface area contributed by atoms with Gasteiger partial charge in [-0.2, -0.15) is 0 Å². The number of hydrogen-bond acceptors (Lipinski definition) is 5. The largest absolute Gasteiger partial charge is 0.409 e. The number of oxime groups is 1. The summed E-state index contributed by atoms with van der Waals surface area (Å²) < 4.78 is 21.8. The lowest BCUT2D eigenvalue weighted by atomic mass is 10.2. The molecule has 0 fully saturated rings. The van der Waals surface area contributed by atoms with Crippen molar-refractivity contribution in [3.63, 3.8) is 0 Å². The zero-order valence-corrected chi connectivity index (χ0v) is 10.1. The highest BCUT2D eigenvalue weighted by atomic mass is 32.2. The highest BCUT2D eigenvalue weighted by Gasteiger charge is 2.29. The fraction of sp³-hybridized carbons (Fsp3) is 0.875. The van der Waals surface area contributed by atoms with Gasteiger partial charge in [0.05, 0.1) is 4.75 Å². The van der Waals surface area contributed by atoms with E-state index in [1.54, 1.807) is 13.8 Å². The molecule has 0 rings (SSSR count). The van der Waals surface area contributed by atoms with Crippen LogP contribution in [0, 0.1) is 0 Å². The van der Waals surface area contributed by atoms with E-state index >= 15 is 0 Å². The smallest absolute Gasteiger partial charge is 0.153 e. The van der Waals surface area contributed by atoms with Crippen molar-refractivity contribution in [2.24, 2.45) is 10.9 Å². The standard InChI is InChI=1S/C8H19N3O3S/c1-8(2,15(3,13)14)6-10-5-4-7(9)11-12/h10,12H,4-6H2,1-3H3,(H2,9,11). The fourth-order valence-electron chi connectivity index (χ4n) is 0.787. The summed E-state index contributed by atoms with van der Waals surface area (Å²) in [5.74, 6) is 0.125. The molecule has 0 radical (unpaired) electrons. The first-order chi connectivity index (χ1) is 6.70. The molecule has 0 saturated heterocycles. The zero-order valence-electron chi connectivity index (χ0n) is 9.32. The monoisotopic (exact) mass is 237 g/mol. The van der Waals surface area contributed by atoms with Gasteiger partial charge in [-0.1, -0.05) is 5.16 Å². The lowest BCUT2D eigenvalue weighted by Crippen LogP contribution is -2.42. The molecule has 0 atom stereocenters. The van der Waals surface area contributed by atoms with Gasteiger partial charge in [0.1, 0.15) is 5.84 Å². The molecule has 4 N–H and O–H groups in total. The second-order valence-electron chi connectivity index (χ2n) is 4.05. The minimum absolute atomic E-state index is 0.125. The van der Waals surface area contributed by atoms with Crippen molar-refractivity contribution in [3.05, 3.63) is 0 Å². The van der Waals surface area contributed by atoms with Crippen LogP contribution in [0.25, 0.3) is 0 Å². The van der Waals surface area contributed by atoms with Crippen molar-refractivity contribution >= 4 is 15.7 Å². The Balaban J connectivity index is 3.98. The summed E-state index contributed by atoms with van der Waals surface area (Å²) in [5, 5.41) is 14.0. The van der Waals surface area contributed by atoms with Gasteiger partial charge in [0, 0.05) is 25.8 Å². The van der Waals surface area contributed by atoms with Gasteiger partial charge in [0.25, 0.3) is 0 Å². The molecule has 0 aromatic rings. The van der Waals surface area contributed by atoms with E-state index in [0.29, 0.717) is 19.5 Å². The molecular weight excluding hydrogens is 218 g/mol. The Morgan fingerprint density at radius 1 is 1.53 bits per heavy atom. The van der Waals surface area contributed by atoms with Gasteiger partial charge in [-0.15, -0.1) is 0 Å². The second kappa shape index (κ2) is 5.32. The highest BCUT2D eigenvalue weighted by Crippen LogP contribution is 2.13. The molecule has 0 spiro atoms. The van der Waals surface area contributed by atoms with Crippen LogP contribution in [0.5, 0.6) is 0 Å². The van der Waals surface area contributed by atoms with Crippen LogP contribution in [0.1, 0.15) is 20.3 Å². The molecule has 0 saturated carbocycles. The number of nitrogens with one attached hydrogen (secondary N) is 1. The van der Waals surface area contributed by atoms with Gasteiger partial charge in [0.15, 0.2) is 9.84 Å². The van der Waals surface area contributed by atoms with E-state index in [4.69, 9.17) is 10.9 Å². The third-order valence-corrected chi connectivity index (χ3v) is 4.39. The van der Waals surface area contributed by atoms with Crippen LogP contribution in [0.2, 0.25) is 0 Å². The molecule has 0 bridgehead atoms. The molecule has 0 aliphatic heterocycles. The lowest BCUT2D eigenvalue weighted by molar-refractivity contribution is 0.316. The summed E-state index contributed by atoms with van der Waals surface area (Å²) in [6, 6.07) is 0. The van der Waals surface area contributed by atoms with Crippen molar-refractivity contribution in [3.8, 4) is 0 Å². The Bertz CT molecular complexity index is 322. The lowest BCUT2D eigenvalue weighted by Gasteiger charge is -2.22. The highest BCUT2D eigenvalue weighted by molar-refractivity contribution is 7.92. The first-order valence-corrected chi connectivity index (χ1v) is 6.46. The van der Waals surface area contributed by atoms with Crippen molar-refractivity contribution in [1.82, 2.24) is 5.32 Å². The summed E-state index contributed by atoms with van der Waals surface area (Å²) >= 11 is 0. The predicted octanol–water partition coefficient (Wildman–Crippen LogP) is -0.464. The third kappa shape index (κ3) is 4.98. The van der Waals surface area contributed by atoms with Crippen molar-refractivity contribution < 1.29 is 13.6 Å². The minimum atomic E-state index is -3.08. The summed E-state index contributed by atoms with van der Waals surface area (Å²) in [4.78, 5) is 0. The topological polar surface area (TPSA) is 105 Å². The minimum Gasteiger partial charge on any atom is -0.409 e. The molecule has 0 aromatic heterocycles. The zero-order chi connectivity index (χ0) is 12.1. The predicted molar refractivity (Wildman–Crippen MR) is 59.8 cm³/mol. The summed E-state index contributed by atoms with van der Waals surface area (Å²) in [6.07, 6.45) is 1.59. The van der Waals surface area contributed by atoms with Crippen LogP contribution >= 0.6 is 0 Å². The van der Waals surface area contributed by atoms with E-state index in [1.807, 2.05) is 0 Å². The normalized spacial score (nSPS) is 14.2. The van der Waals surface area contributed by atoms with Gasteiger partial charge in [0.2, 0.25) is 0 Å². The molecule has 0 amide bonds. The Morgan fingerprint density at radius 2 is 2.07 bits per heavy atom. The number of rotatable bonds is 6. The maximum Gasteiger partial charge on any atom is 0.153 e. The van der Waals surface area contributed by atoms with E-state index in [-0.39, 0.29) is 5.84 Å². The Labute approximate surface area is 90.5 Å². The number of sulfone groups is 1. The van der Waals surface area contributed by atoms with E-state index in [9.17, 15) is 8.42 Å². The van der Waals surface area contributed by atoms with Crippen molar-refractivity contribution in [2.75, 3.05) is 19.3 Å². The molecule has 0 aromatic carbocycles. The number of amidine groups is 1. The second-order valence-corrected chi connectivity index (χ2v) is 6.70. The summed E-state index contributed by atoms with van der Waals surface area (Å²) in [7, 11) is -3.08. The van der Waals surface area contributed by atoms with Gasteiger partial charge >= 0.3 is 0 Å². The average molecular weight is 237 g/mol. The summed E-state index contributed by atoms with van der Waals surface area (Å²) in [6.45, 7) is 4.12. The molecule has 90 valence electrons. The first kappa shape index (κ1) is 14.2. The molecule has 0 unspecified atom stereocenters. The van der Waals surface area contributed by atoms with Crippen LogP contribution in [-0.2, 0) is 9.84 Å². The SMILES string of the molecule is CC(C)(CNCCC(N)=NO)S(C)(=O)=O. The maximum absolute atomic E-state index is 11.3. The Kier molecular flexibility index (Phi) is 5.02. The Morgan fingerprint density at radius 3 is 2.47 bits per heavy atom. The third-order valence-electron chi connectivity index (χ3n) is 2.24. The van der Waals surface area contributed by atoms with E-state index < -0.39 is 14.6 Å². The molecule has 6 nitrogen and oxygen atoms in total. The number of nitrogens with two attached hydrogens (primary N) is 1. The molecule has 0 aliphatic carbocycles. The van der Waals surface area contributed by atoms with Crippen LogP contribution < -0.4 is 11.1 Å². The van der Waals surface area contributed by atoms with Crippen molar-refractivity contribution in [1.29, 1.82) is 0 Å². The van der Waals surface area contributed by atoms with Crippen LogP contribution in [0.4, 0.5) is 0 Å². The quantitative estimate of drug-likeness (QED) is 0.190. The van der Waals surface area contributed by atoms with Gasteiger partial charge in [-0.3, -0.25) is 0 Å². The van der Waals surface area contributed by atoms with Crippen LogP contribution in [0.3, 0.4) is 0 Å². The molecule has 0 heterocycles. The summed E-state index contributed by atoms with van der Waals surface area (Å²) in [5.41, 5.74) is 5.25. The van der Waals surface area contributed by atoms with Gasteiger partial charge < -0.3 is 16.3 Å². The molecule has 0 aliphatic rings. The Hall–Kier alpha value is -0.820. The number of nitrogens with zero attached hydrogens (tertiary/aromatic N) is 1. The first-order valence-electron chi connectivity index (χ1n) is 4.57. The fourth-order valence-corrected chi connectivity index (χ4v) is 1.15. The van der Waals surface area contributed by atoms with E-state index in [1.165, 1.54) is 6.26 Å². The van der Waals surface area contributed by atoms with Crippen LogP contribution in [0.15, 0.2) is 5.16 Å². The molecule has 7 heteroatoms.